The van der Waals surface area contributed by atoms with Crippen LogP contribution in [0.25, 0.3) is 10.2 Å². The number of fused-ring (bicyclic) bond motifs is 1. The van der Waals surface area contributed by atoms with E-state index in [0.717, 1.165) is 0 Å². The molecule has 1 unspecified atom stereocenters. The van der Waals surface area contributed by atoms with Crippen LogP contribution in [0.5, 0.6) is 5.75 Å². The molecule has 4 rings (SSSR count). The molecule has 0 spiro atoms. The van der Waals surface area contributed by atoms with Gasteiger partial charge in [-0.25, -0.2) is 8.42 Å². The number of nitro groups is 1. The Kier molecular flexibility index (Phi) is 7.31. The topological polar surface area (TPSA) is 133 Å². The van der Waals surface area contributed by atoms with Gasteiger partial charge in [-0.2, -0.15) is 9.30 Å². The fourth-order valence-electron chi connectivity index (χ4n) is 3.98. The zero-order valence-electron chi connectivity index (χ0n) is 19.1. The molecule has 13 heteroatoms. The van der Waals surface area contributed by atoms with E-state index < -0.39 is 26.9 Å². The molecule has 11 nitrogen and oxygen atoms in total. The summed E-state index contributed by atoms with van der Waals surface area (Å²) in [5.74, 6) is -0.0505. The molecule has 2 heterocycles. The molecule has 1 fully saturated rings. The van der Waals surface area contributed by atoms with E-state index in [9.17, 15) is 23.3 Å². The summed E-state index contributed by atoms with van der Waals surface area (Å²) in [6.07, 6.45) is 0.885. The Hall–Kier alpha value is -3.13. The standard InChI is InChI=1S/C22H24N4O7S2/c1-32-13-12-24-19-14-15(26(28)29)5-10-20(19)34-22(24)23-21(27)18-4-3-11-25(18)35(30,31)17-8-6-16(33-2)7-9-17/h5-10,14,18H,3-4,11-13H2,1-2H3. The largest absolute Gasteiger partial charge is 0.497 e. The highest BCUT2D eigenvalue weighted by molar-refractivity contribution is 7.89. The van der Waals surface area contributed by atoms with Crippen molar-refractivity contribution in [1.29, 1.82) is 0 Å². The van der Waals surface area contributed by atoms with Gasteiger partial charge >= 0.3 is 0 Å². The first kappa shape index (κ1) is 25.0. The van der Waals surface area contributed by atoms with Crippen molar-refractivity contribution in [3.8, 4) is 5.75 Å². The Labute approximate surface area is 205 Å². The number of hydrogen-bond acceptors (Lipinski definition) is 8. The molecule has 0 radical (unpaired) electrons. The van der Waals surface area contributed by atoms with Crippen molar-refractivity contribution in [2.75, 3.05) is 27.4 Å². The number of hydrogen-bond donors (Lipinski definition) is 0. The van der Waals surface area contributed by atoms with Crippen LogP contribution in [-0.2, 0) is 26.1 Å². The number of sulfonamides is 1. The van der Waals surface area contributed by atoms with Crippen LogP contribution < -0.4 is 9.54 Å². The molecule has 0 bridgehead atoms. The molecule has 0 N–H and O–H groups in total. The lowest BCUT2D eigenvalue weighted by Gasteiger charge is -2.21. The minimum atomic E-state index is -3.92. The van der Waals surface area contributed by atoms with Gasteiger partial charge in [0.15, 0.2) is 4.80 Å². The number of amides is 1. The Balaban J connectivity index is 1.71. The van der Waals surface area contributed by atoms with Gasteiger partial charge in [0, 0.05) is 32.3 Å². The monoisotopic (exact) mass is 520 g/mol. The number of non-ortho nitro benzene ring substituents is 1. The molecular weight excluding hydrogens is 496 g/mol. The summed E-state index contributed by atoms with van der Waals surface area (Å²) in [6.45, 7) is 0.836. The highest BCUT2D eigenvalue weighted by Gasteiger charge is 2.39. The van der Waals surface area contributed by atoms with Crippen molar-refractivity contribution in [2.24, 2.45) is 4.99 Å². The van der Waals surface area contributed by atoms with Crippen molar-refractivity contribution < 1.29 is 27.6 Å². The van der Waals surface area contributed by atoms with Crippen LogP contribution in [0, 0.1) is 10.1 Å². The molecule has 186 valence electrons. The zero-order chi connectivity index (χ0) is 25.2. The third kappa shape index (κ3) is 4.98. The molecule has 0 aliphatic carbocycles. The van der Waals surface area contributed by atoms with Crippen molar-refractivity contribution >= 4 is 43.2 Å². The van der Waals surface area contributed by atoms with Gasteiger partial charge in [-0.05, 0) is 43.2 Å². The van der Waals surface area contributed by atoms with Crippen LogP contribution in [0.3, 0.4) is 0 Å². The summed E-state index contributed by atoms with van der Waals surface area (Å²) in [7, 11) is -0.897. The van der Waals surface area contributed by atoms with Crippen molar-refractivity contribution in [3.05, 3.63) is 57.4 Å². The lowest BCUT2D eigenvalue weighted by atomic mass is 10.2. The fourth-order valence-corrected chi connectivity index (χ4v) is 6.67. The lowest BCUT2D eigenvalue weighted by molar-refractivity contribution is -0.384. The molecule has 1 atom stereocenters. The summed E-state index contributed by atoms with van der Waals surface area (Å²) in [4.78, 5) is 28.7. The Bertz CT molecular complexity index is 1430. The highest BCUT2D eigenvalue weighted by Crippen LogP contribution is 2.28. The molecule has 1 saturated heterocycles. The minimum absolute atomic E-state index is 0.0716. The molecule has 35 heavy (non-hydrogen) atoms. The van der Waals surface area contributed by atoms with Crippen LogP contribution in [0.1, 0.15) is 12.8 Å². The quantitative estimate of drug-likeness (QED) is 0.329. The summed E-state index contributed by atoms with van der Waals surface area (Å²) in [6, 6.07) is 9.51. The molecule has 1 aliphatic rings. The van der Waals surface area contributed by atoms with Crippen LogP contribution in [0.4, 0.5) is 5.69 Å². The maximum atomic E-state index is 13.3. The molecular formula is C22H24N4O7S2. The van der Waals surface area contributed by atoms with Crippen LogP contribution in [-0.4, -0.2) is 61.5 Å². The zero-order valence-corrected chi connectivity index (χ0v) is 20.8. The first-order chi connectivity index (χ1) is 16.8. The maximum absolute atomic E-state index is 13.3. The third-order valence-corrected chi connectivity index (χ3v) is 8.74. The van der Waals surface area contributed by atoms with E-state index in [-0.39, 0.29) is 17.1 Å². The van der Waals surface area contributed by atoms with E-state index in [4.69, 9.17) is 9.47 Å². The first-order valence-corrected chi connectivity index (χ1v) is 13.0. The number of rotatable bonds is 8. The van der Waals surface area contributed by atoms with E-state index in [1.54, 1.807) is 22.8 Å². The number of ether oxygens (including phenoxy) is 2. The van der Waals surface area contributed by atoms with Gasteiger partial charge in [0.2, 0.25) is 10.0 Å². The molecule has 3 aromatic rings. The van der Waals surface area contributed by atoms with E-state index >= 15 is 0 Å². The van der Waals surface area contributed by atoms with Crippen molar-refractivity contribution in [3.63, 3.8) is 0 Å². The van der Waals surface area contributed by atoms with Crippen LogP contribution in [0.2, 0.25) is 0 Å². The SMILES string of the molecule is COCCn1c(=NC(=O)C2CCCN2S(=O)(=O)c2ccc(OC)cc2)sc2ccc([N+](=O)[O-])cc21. The predicted molar refractivity (Wildman–Crippen MR) is 129 cm³/mol. The molecule has 0 saturated carbocycles. The maximum Gasteiger partial charge on any atom is 0.271 e. The smallest absolute Gasteiger partial charge is 0.271 e. The average molecular weight is 521 g/mol. The molecule has 1 amide bonds. The second-order valence-corrected chi connectivity index (χ2v) is 10.7. The second kappa shape index (κ2) is 10.2. The Morgan fingerprint density at radius 2 is 1.97 bits per heavy atom. The third-order valence-electron chi connectivity index (χ3n) is 5.76. The summed E-state index contributed by atoms with van der Waals surface area (Å²) < 4.78 is 40.4. The number of aromatic nitrogens is 1. The minimum Gasteiger partial charge on any atom is -0.497 e. The van der Waals surface area contributed by atoms with Crippen molar-refractivity contribution in [1.82, 2.24) is 8.87 Å². The fraction of sp³-hybridized carbons (Fsp3) is 0.364. The number of methoxy groups -OCH3 is 2. The predicted octanol–water partition coefficient (Wildman–Crippen LogP) is 2.55. The Morgan fingerprint density at radius 1 is 1.23 bits per heavy atom. The average Bonchev–Trinajstić information content (AvgIpc) is 3.48. The number of nitro benzene ring substituents is 1. The number of carbonyl (C=O) groups is 1. The van der Waals surface area contributed by atoms with Gasteiger partial charge in [0.05, 0.1) is 33.8 Å². The molecule has 1 aromatic heterocycles. The molecule has 1 aliphatic heterocycles. The summed E-state index contributed by atoms with van der Waals surface area (Å²) >= 11 is 1.21. The normalized spacial score (nSPS) is 17.2. The van der Waals surface area contributed by atoms with Gasteiger partial charge in [0.1, 0.15) is 11.8 Å². The Morgan fingerprint density at radius 3 is 2.63 bits per heavy atom. The van der Waals surface area contributed by atoms with Crippen LogP contribution >= 0.6 is 11.3 Å². The van der Waals surface area contributed by atoms with Gasteiger partial charge in [-0.3, -0.25) is 14.9 Å². The number of carbonyl (C=O) groups excluding carboxylic acids is 1. The molecule has 2 aromatic carbocycles. The van der Waals surface area contributed by atoms with E-state index in [2.05, 4.69) is 4.99 Å². The van der Waals surface area contributed by atoms with Crippen LogP contribution in [0.15, 0.2) is 52.4 Å². The number of benzene rings is 2. The van der Waals surface area contributed by atoms with E-state index in [0.29, 0.717) is 46.8 Å². The van der Waals surface area contributed by atoms with E-state index in [1.165, 1.54) is 54.1 Å². The number of nitrogens with zero attached hydrogens (tertiary/aromatic N) is 4. The highest BCUT2D eigenvalue weighted by atomic mass is 32.2. The first-order valence-electron chi connectivity index (χ1n) is 10.8. The summed E-state index contributed by atoms with van der Waals surface area (Å²) in [5.41, 5.74) is 0.480. The van der Waals surface area contributed by atoms with Crippen molar-refractivity contribution in [2.45, 2.75) is 30.3 Å². The van der Waals surface area contributed by atoms with Gasteiger partial charge in [-0.15, -0.1) is 0 Å². The summed E-state index contributed by atoms with van der Waals surface area (Å²) in [5, 5.41) is 11.2. The lowest BCUT2D eigenvalue weighted by Crippen LogP contribution is -2.40. The van der Waals surface area contributed by atoms with E-state index in [1.807, 2.05) is 0 Å². The van der Waals surface area contributed by atoms with Gasteiger partial charge < -0.3 is 14.0 Å². The number of thiazole rings is 1. The van der Waals surface area contributed by atoms with Gasteiger partial charge in [-0.1, -0.05) is 11.3 Å². The second-order valence-electron chi connectivity index (χ2n) is 7.84. The van der Waals surface area contributed by atoms with Gasteiger partial charge in [0.25, 0.3) is 11.6 Å².